The Balaban J connectivity index is 1.57. The van der Waals surface area contributed by atoms with Crippen molar-refractivity contribution in [2.45, 2.75) is 19.6 Å². The third-order valence-corrected chi connectivity index (χ3v) is 6.29. The lowest BCUT2D eigenvalue weighted by atomic mass is 10.1. The van der Waals surface area contributed by atoms with Crippen molar-refractivity contribution in [1.82, 2.24) is 9.80 Å². The van der Waals surface area contributed by atoms with Crippen molar-refractivity contribution in [3.8, 4) is 11.5 Å². The van der Waals surface area contributed by atoms with Crippen molar-refractivity contribution in [2.75, 3.05) is 52.3 Å². The smallest absolute Gasteiger partial charge is 0.119 e. The van der Waals surface area contributed by atoms with Crippen LogP contribution in [0.15, 0.2) is 72.8 Å². The van der Waals surface area contributed by atoms with Crippen molar-refractivity contribution in [3.05, 3.63) is 89.5 Å². The zero-order valence-corrected chi connectivity index (χ0v) is 20.0. The highest BCUT2D eigenvalue weighted by molar-refractivity contribution is 5.50. The summed E-state index contributed by atoms with van der Waals surface area (Å²) in [6.45, 7) is 7.11. The SMILES string of the molecule is COc1cccc(CN(Cc2cccc(OC)c2)c2cccc(CN3CCN(C)CC3)c2)c1. The molecule has 33 heavy (non-hydrogen) atoms. The monoisotopic (exact) mass is 445 g/mol. The van der Waals surface area contributed by atoms with E-state index in [1.165, 1.54) is 22.4 Å². The summed E-state index contributed by atoms with van der Waals surface area (Å²) < 4.78 is 10.9. The van der Waals surface area contributed by atoms with Gasteiger partial charge < -0.3 is 19.3 Å². The van der Waals surface area contributed by atoms with Crippen molar-refractivity contribution < 1.29 is 9.47 Å². The Kier molecular flexibility index (Phi) is 7.87. The molecule has 0 aliphatic carbocycles. The number of anilines is 1. The average Bonchev–Trinajstić information content (AvgIpc) is 2.85. The summed E-state index contributed by atoms with van der Waals surface area (Å²) in [7, 11) is 5.64. The minimum Gasteiger partial charge on any atom is -0.497 e. The Labute approximate surface area is 198 Å². The lowest BCUT2D eigenvalue weighted by Gasteiger charge is -2.32. The third-order valence-electron chi connectivity index (χ3n) is 6.29. The molecule has 0 unspecified atom stereocenters. The Hall–Kier alpha value is -3.02. The minimum atomic E-state index is 0.798. The first-order chi connectivity index (χ1) is 16.1. The van der Waals surface area contributed by atoms with E-state index in [4.69, 9.17) is 9.47 Å². The summed E-state index contributed by atoms with van der Waals surface area (Å²) in [5, 5.41) is 0. The number of rotatable bonds is 9. The van der Waals surface area contributed by atoms with E-state index in [0.717, 1.165) is 57.3 Å². The van der Waals surface area contributed by atoms with Crippen LogP contribution in [0.25, 0.3) is 0 Å². The van der Waals surface area contributed by atoms with Gasteiger partial charge in [0.2, 0.25) is 0 Å². The average molecular weight is 446 g/mol. The quantitative estimate of drug-likeness (QED) is 0.478. The summed E-state index contributed by atoms with van der Waals surface area (Å²) in [5.41, 5.74) is 5.04. The molecule has 0 atom stereocenters. The van der Waals surface area contributed by atoms with Gasteiger partial charge in [0, 0.05) is 51.5 Å². The molecule has 1 aliphatic heterocycles. The van der Waals surface area contributed by atoms with Crippen LogP contribution in [-0.2, 0) is 19.6 Å². The molecule has 1 aliphatic rings. The molecule has 3 aromatic rings. The first-order valence-corrected chi connectivity index (χ1v) is 11.6. The Morgan fingerprint density at radius 2 is 1.24 bits per heavy atom. The number of likely N-dealkylation sites (N-methyl/N-ethyl adjacent to an activating group) is 1. The number of benzene rings is 3. The van der Waals surface area contributed by atoms with Crippen LogP contribution in [0.1, 0.15) is 16.7 Å². The topological polar surface area (TPSA) is 28.2 Å². The van der Waals surface area contributed by atoms with Gasteiger partial charge >= 0.3 is 0 Å². The lowest BCUT2D eigenvalue weighted by molar-refractivity contribution is 0.148. The van der Waals surface area contributed by atoms with Gasteiger partial charge in [0.15, 0.2) is 0 Å². The lowest BCUT2D eigenvalue weighted by Crippen LogP contribution is -2.43. The van der Waals surface area contributed by atoms with Crippen molar-refractivity contribution in [1.29, 1.82) is 0 Å². The molecule has 0 spiro atoms. The van der Waals surface area contributed by atoms with Crippen LogP contribution in [0, 0.1) is 0 Å². The maximum atomic E-state index is 5.46. The number of nitrogens with zero attached hydrogens (tertiary/aromatic N) is 3. The summed E-state index contributed by atoms with van der Waals surface area (Å²) in [6, 6.07) is 25.7. The number of piperazine rings is 1. The van der Waals surface area contributed by atoms with E-state index < -0.39 is 0 Å². The summed E-state index contributed by atoms with van der Waals surface area (Å²) in [6.07, 6.45) is 0. The molecule has 4 rings (SSSR count). The molecule has 0 bridgehead atoms. The minimum absolute atomic E-state index is 0.798. The Morgan fingerprint density at radius 3 is 1.82 bits per heavy atom. The summed E-state index contributed by atoms with van der Waals surface area (Å²) in [5.74, 6) is 1.77. The van der Waals surface area contributed by atoms with E-state index in [1.807, 2.05) is 12.1 Å². The fourth-order valence-electron chi connectivity index (χ4n) is 4.34. The number of hydrogen-bond acceptors (Lipinski definition) is 5. The second kappa shape index (κ2) is 11.2. The van der Waals surface area contributed by atoms with E-state index in [1.54, 1.807) is 14.2 Å². The van der Waals surface area contributed by atoms with Crippen LogP contribution in [0.3, 0.4) is 0 Å². The van der Waals surface area contributed by atoms with Gasteiger partial charge in [-0.05, 0) is 60.1 Å². The van der Waals surface area contributed by atoms with E-state index >= 15 is 0 Å². The predicted octanol–water partition coefficient (Wildman–Crippen LogP) is 4.66. The molecule has 0 saturated carbocycles. The standard InChI is InChI=1S/C28H35N3O2/c1-29-13-15-30(16-14-29)20-23-7-4-10-26(17-23)31(21-24-8-5-11-27(18-24)32-2)22-25-9-6-12-28(19-25)33-3/h4-12,17-19H,13-16,20-22H2,1-3H3. The second-order valence-electron chi connectivity index (χ2n) is 8.81. The van der Waals surface area contributed by atoms with Crippen LogP contribution in [0.4, 0.5) is 5.69 Å². The molecule has 0 amide bonds. The molecule has 5 nitrogen and oxygen atoms in total. The van der Waals surface area contributed by atoms with Crippen LogP contribution in [0.5, 0.6) is 11.5 Å². The molecule has 174 valence electrons. The normalized spacial score (nSPS) is 14.8. The van der Waals surface area contributed by atoms with E-state index in [0.29, 0.717) is 0 Å². The molecule has 3 aromatic carbocycles. The van der Waals surface area contributed by atoms with E-state index in [2.05, 4.69) is 82.4 Å². The van der Waals surface area contributed by atoms with Crippen LogP contribution in [-0.4, -0.2) is 57.2 Å². The van der Waals surface area contributed by atoms with Crippen LogP contribution in [0.2, 0.25) is 0 Å². The number of hydrogen-bond donors (Lipinski definition) is 0. The van der Waals surface area contributed by atoms with Crippen molar-refractivity contribution in [3.63, 3.8) is 0 Å². The van der Waals surface area contributed by atoms with Gasteiger partial charge in [-0.2, -0.15) is 0 Å². The zero-order chi connectivity index (χ0) is 23.0. The first-order valence-electron chi connectivity index (χ1n) is 11.6. The summed E-state index contributed by atoms with van der Waals surface area (Å²) in [4.78, 5) is 7.38. The maximum absolute atomic E-state index is 5.46. The van der Waals surface area contributed by atoms with Gasteiger partial charge in [0.05, 0.1) is 14.2 Å². The van der Waals surface area contributed by atoms with Gasteiger partial charge in [-0.1, -0.05) is 36.4 Å². The molecule has 5 heteroatoms. The molecule has 1 saturated heterocycles. The molecule has 1 fully saturated rings. The second-order valence-corrected chi connectivity index (χ2v) is 8.81. The van der Waals surface area contributed by atoms with Crippen LogP contribution < -0.4 is 14.4 Å². The Bertz CT molecular complexity index is 981. The third kappa shape index (κ3) is 6.50. The van der Waals surface area contributed by atoms with Gasteiger partial charge in [-0.15, -0.1) is 0 Å². The highest BCUT2D eigenvalue weighted by atomic mass is 16.5. The zero-order valence-electron chi connectivity index (χ0n) is 20.0. The van der Waals surface area contributed by atoms with Crippen molar-refractivity contribution in [2.24, 2.45) is 0 Å². The fourth-order valence-corrected chi connectivity index (χ4v) is 4.34. The Morgan fingerprint density at radius 1 is 0.697 bits per heavy atom. The highest BCUT2D eigenvalue weighted by Gasteiger charge is 2.15. The first kappa shape index (κ1) is 23.1. The van der Waals surface area contributed by atoms with Crippen molar-refractivity contribution >= 4 is 5.69 Å². The highest BCUT2D eigenvalue weighted by Crippen LogP contribution is 2.25. The van der Waals surface area contributed by atoms with E-state index in [-0.39, 0.29) is 0 Å². The molecule has 0 N–H and O–H groups in total. The van der Waals surface area contributed by atoms with Gasteiger partial charge in [0.25, 0.3) is 0 Å². The maximum Gasteiger partial charge on any atom is 0.119 e. The van der Waals surface area contributed by atoms with Gasteiger partial charge in [0.1, 0.15) is 11.5 Å². The van der Waals surface area contributed by atoms with Gasteiger partial charge in [-0.25, -0.2) is 0 Å². The predicted molar refractivity (Wildman–Crippen MR) is 135 cm³/mol. The fraction of sp³-hybridized carbons (Fsp3) is 0.357. The molecule has 0 radical (unpaired) electrons. The molecular formula is C28H35N3O2. The number of ether oxygens (including phenoxy) is 2. The van der Waals surface area contributed by atoms with E-state index in [9.17, 15) is 0 Å². The molecular weight excluding hydrogens is 410 g/mol. The van der Waals surface area contributed by atoms with Crippen LogP contribution >= 0.6 is 0 Å². The number of methoxy groups -OCH3 is 2. The molecule has 1 heterocycles. The largest absolute Gasteiger partial charge is 0.497 e. The van der Waals surface area contributed by atoms with Gasteiger partial charge in [-0.3, -0.25) is 4.90 Å². The summed E-state index contributed by atoms with van der Waals surface area (Å²) >= 11 is 0. The molecule has 0 aromatic heterocycles.